The van der Waals surface area contributed by atoms with Gasteiger partial charge < -0.3 is 19.7 Å². The fourth-order valence-electron chi connectivity index (χ4n) is 3.59. The van der Waals surface area contributed by atoms with Gasteiger partial charge in [-0.3, -0.25) is 4.79 Å². The van der Waals surface area contributed by atoms with Crippen LogP contribution in [0.1, 0.15) is 51.5 Å². The van der Waals surface area contributed by atoms with Crippen molar-refractivity contribution in [1.29, 1.82) is 0 Å². The van der Waals surface area contributed by atoms with Crippen LogP contribution in [0.5, 0.6) is 0 Å². The lowest BCUT2D eigenvalue weighted by Gasteiger charge is -2.28. The van der Waals surface area contributed by atoms with E-state index in [9.17, 15) is 14.7 Å². The number of fused-ring (bicyclic) bond motifs is 1. The zero-order chi connectivity index (χ0) is 18.8. The number of aliphatic hydroxyl groups is 1. The number of nitrogens with one attached hydrogen (secondary N) is 1. The van der Waals surface area contributed by atoms with Crippen molar-refractivity contribution in [3.8, 4) is 0 Å². The first-order chi connectivity index (χ1) is 12.4. The third-order valence-electron chi connectivity index (χ3n) is 4.93. The molecule has 1 aliphatic heterocycles. The Kier molecular flexibility index (Phi) is 5.13. The molecule has 0 saturated heterocycles. The molecule has 26 heavy (non-hydrogen) atoms. The summed E-state index contributed by atoms with van der Waals surface area (Å²) in [5, 5.41) is 9.82. The maximum Gasteiger partial charge on any atom is 0.355 e. The summed E-state index contributed by atoms with van der Waals surface area (Å²) < 4.78 is 5.22. The van der Waals surface area contributed by atoms with Gasteiger partial charge in [0, 0.05) is 24.3 Å². The number of nitrogens with zero attached hydrogens (tertiary/aromatic N) is 1. The van der Waals surface area contributed by atoms with Gasteiger partial charge in [-0.2, -0.15) is 0 Å². The first-order valence-corrected chi connectivity index (χ1v) is 8.77. The monoisotopic (exact) mass is 356 g/mol. The van der Waals surface area contributed by atoms with Gasteiger partial charge in [-0.25, -0.2) is 4.79 Å². The normalized spacial score (nSPS) is 14.7. The van der Waals surface area contributed by atoms with Crippen molar-refractivity contribution in [1.82, 2.24) is 9.88 Å². The number of ether oxygens (including phenoxy) is 1. The summed E-state index contributed by atoms with van der Waals surface area (Å²) in [6.45, 7) is 6.08. The molecular weight excluding hydrogens is 332 g/mol. The lowest BCUT2D eigenvalue weighted by Crippen LogP contribution is -2.38. The standard InChI is InChI=1S/C20H24N2O4/c1-12-18(14(3)23)13(2)21-19(12)20(25)26-11-17(24)22-9-8-15-6-4-5-7-16(15)10-22/h4-7,14,21,23H,8-11H2,1-3H3/t14-/m0/s1. The highest BCUT2D eigenvalue weighted by Gasteiger charge is 2.24. The van der Waals surface area contributed by atoms with Gasteiger partial charge in [-0.15, -0.1) is 0 Å². The quantitative estimate of drug-likeness (QED) is 0.824. The predicted molar refractivity (Wildman–Crippen MR) is 96.7 cm³/mol. The Bertz CT molecular complexity index is 838. The van der Waals surface area contributed by atoms with Gasteiger partial charge in [0.1, 0.15) is 5.69 Å². The van der Waals surface area contributed by atoms with Crippen molar-refractivity contribution in [3.05, 3.63) is 57.9 Å². The number of aryl methyl sites for hydroxylation is 1. The van der Waals surface area contributed by atoms with Gasteiger partial charge in [0.2, 0.25) is 0 Å². The Hall–Kier alpha value is -2.60. The summed E-state index contributed by atoms with van der Waals surface area (Å²) in [5.74, 6) is -0.784. The number of rotatable bonds is 4. The van der Waals surface area contributed by atoms with E-state index in [1.54, 1.807) is 25.7 Å². The number of esters is 1. The number of amides is 1. The summed E-state index contributed by atoms with van der Waals surface area (Å²) >= 11 is 0. The fraction of sp³-hybridized carbons (Fsp3) is 0.400. The topological polar surface area (TPSA) is 82.6 Å². The molecule has 2 heterocycles. The summed E-state index contributed by atoms with van der Waals surface area (Å²) in [6.07, 6.45) is 0.130. The number of hydrogen-bond acceptors (Lipinski definition) is 4. The average Bonchev–Trinajstić information content (AvgIpc) is 2.93. The molecule has 3 rings (SSSR count). The van der Waals surface area contributed by atoms with E-state index in [1.807, 2.05) is 18.2 Å². The average molecular weight is 356 g/mol. The Morgan fingerprint density at radius 3 is 2.62 bits per heavy atom. The number of aromatic nitrogens is 1. The Morgan fingerprint density at radius 1 is 1.27 bits per heavy atom. The molecule has 0 saturated carbocycles. The zero-order valence-corrected chi connectivity index (χ0v) is 15.3. The third kappa shape index (κ3) is 3.51. The Balaban J connectivity index is 1.62. The van der Waals surface area contributed by atoms with Crippen LogP contribution in [0.3, 0.4) is 0 Å². The summed E-state index contributed by atoms with van der Waals surface area (Å²) in [4.78, 5) is 29.4. The molecule has 2 aromatic rings. The van der Waals surface area contributed by atoms with Crippen LogP contribution in [-0.2, 0) is 22.5 Å². The van der Waals surface area contributed by atoms with Crippen molar-refractivity contribution >= 4 is 11.9 Å². The number of H-pyrrole nitrogens is 1. The van der Waals surface area contributed by atoms with Gasteiger partial charge >= 0.3 is 5.97 Å². The second-order valence-corrected chi connectivity index (χ2v) is 6.75. The zero-order valence-electron chi connectivity index (χ0n) is 15.3. The van der Waals surface area contributed by atoms with Crippen LogP contribution in [0.2, 0.25) is 0 Å². The van der Waals surface area contributed by atoms with Crippen molar-refractivity contribution in [2.75, 3.05) is 13.2 Å². The molecule has 138 valence electrons. The van der Waals surface area contributed by atoms with E-state index >= 15 is 0 Å². The lowest BCUT2D eigenvalue weighted by molar-refractivity contribution is -0.135. The predicted octanol–water partition coefficient (Wildman–Crippen LogP) is 2.43. The van der Waals surface area contributed by atoms with Crippen LogP contribution >= 0.6 is 0 Å². The molecular formula is C20H24N2O4. The molecule has 0 aliphatic carbocycles. The lowest BCUT2D eigenvalue weighted by atomic mass is 10.00. The number of aliphatic hydroxyl groups excluding tert-OH is 1. The molecule has 0 radical (unpaired) electrons. The maximum atomic E-state index is 12.4. The highest BCUT2D eigenvalue weighted by atomic mass is 16.5. The second-order valence-electron chi connectivity index (χ2n) is 6.75. The molecule has 1 amide bonds. The first kappa shape index (κ1) is 18.2. The molecule has 1 aromatic carbocycles. The molecule has 0 unspecified atom stereocenters. The van der Waals surface area contributed by atoms with Gasteiger partial charge in [-0.1, -0.05) is 24.3 Å². The van der Waals surface area contributed by atoms with Gasteiger partial charge in [0.15, 0.2) is 6.61 Å². The second kappa shape index (κ2) is 7.33. The fourth-order valence-corrected chi connectivity index (χ4v) is 3.59. The highest BCUT2D eigenvalue weighted by molar-refractivity contribution is 5.91. The van der Waals surface area contributed by atoms with Crippen LogP contribution in [0.4, 0.5) is 0 Å². The van der Waals surface area contributed by atoms with Gasteiger partial charge in [0.05, 0.1) is 6.10 Å². The molecule has 0 fully saturated rings. The smallest absolute Gasteiger partial charge is 0.355 e. The minimum Gasteiger partial charge on any atom is -0.451 e. The van der Waals surface area contributed by atoms with Crippen LogP contribution in [0, 0.1) is 13.8 Å². The van der Waals surface area contributed by atoms with Crippen molar-refractivity contribution in [3.63, 3.8) is 0 Å². The molecule has 6 nitrogen and oxygen atoms in total. The van der Waals surface area contributed by atoms with Crippen LogP contribution < -0.4 is 0 Å². The minimum absolute atomic E-state index is 0.204. The van der Waals surface area contributed by atoms with E-state index in [0.29, 0.717) is 24.2 Å². The van der Waals surface area contributed by atoms with Gasteiger partial charge in [0.25, 0.3) is 5.91 Å². The molecule has 2 N–H and O–H groups in total. The molecule has 1 aliphatic rings. The SMILES string of the molecule is Cc1[nH]c(C(=O)OCC(=O)N2CCc3ccccc3C2)c(C)c1[C@H](C)O. The Morgan fingerprint density at radius 2 is 1.96 bits per heavy atom. The van der Waals surface area contributed by atoms with Crippen LogP contribution in [0.25, 0.3) is 0 Å². The van der Waals surface area contributed by atoms with E-state index in [-0.39, 0.29) is 18.2 Å². The number of benzene rings is 1. The number of carbonyl (C=O) groups is 2. The maximum absolute atomic E-state index is 12.4. The van der Waals surface area contributed by atoms with E-state index in [4.69, 9.17) is 4.74 Å². The minimum atomic E-state index is -0.678. The highest BCUT2D eigenvalue weighted by Crippen LogP contribution is 2.25. The molecule has 1 aromatic heterocycles. The van der Waals surface area contributed by atoms with Gasteiger partial charge in [-0.05, 0) is 43.9 Å². The van der Waals surface area contributed by atoms with E-state index in [2.05, 4.69) is 11.1 Å². The van der Waals surface area contributed by atoms with Crippen molar-refractivity contribution < 1.29 is 19.4 Å². The van der Waals surface area contributed by atoms with E-state index in [0.717, 1.165) is 17.7 Å². The van der Waals surface area contributed by atoms with Crippen LogP contribution in [0.15, 0.2) is 24.3 Å². The molecule has 0 spiro atoms. The van der Waals surface area contributed by atoms with Crippen LogP contribution in [-0.4, -0.2) is 40.0 Å². The molecule has 1 atom stereocenters. The summed E-state index contributed by atoms with van der Waals surface area (Å²) in [7, 11) is 0. The first-order valence-electron chi connectivity index (χ1n) is 8.77. The number of hydrogen-bond donors (Lipinski definition) is 2. The van der Waals surface area contributed by atoms with Crippen molar-refractivity contribution in [2.24, 2.45) is 0 Å². The van der Waals surface area contributed by atoms with Crippen molar-refractivity contribution in [2.45, 2.75) is 39.8 Å². The summed E-state index contributed by atoms with van der Waals surface area (Å²) in [5.41, 5.74) is 4.75. The largest absolute Gasteiger partial charge is 0.451 e. The Labute approximate surface area is 152 Å². The number of carbonyl (C=O) groups excluding carboxylic acids is 2. The third-order valence-corrected chi connectivity index (χ3v) is 4.93. The van der Waals surface area contributed by atoms with E-state index in [1.165, 1.54) is 5.56 Å². The molecule has 6 heteroatoms. The molecule has 0 bridgehead atoms. The van der Waals surface area contributed by atoms with E-state index < -0.39 is 12.1 Å². The summed E-state index contributed by atoms with van der Waals surface area (Å²) in [6, 6.07) is 8.06. The number of aromatic amines is 1.